The summed E-state index contributed by atoms with van der Waals surface area (Å²) in [6.45, 7) is 1.18. The molecule has 0 aromatic heterocycles. The minimum atomic E-state index is -3.54. The van der Waals surface area contributed by atoms with Gasteiger partial charge in [0.15, 0.2) is 11.6 Å². The van der Waals surface area contributed by atoms with E-state index in [1.807, 2.05) is 30.3 Å². The lowest BCUT2D eigenvalue weighted by Gasteiger charge is -2.33. The monoisotopic (exact) mass is 418 g/mol. The van der Waals surface area contributed by atoms with Crippen molar-refractivity contribution in [2.45, 2.75) is 6.42 Å². The second kappa shape index (κ2) is 9.67. The van der Waals surface area contributed by atoms with Gasteiger partial charge in [-0.25, -0.2) is 12.8 Å². The Bertz CT molecular complexity index is 956. The van der Waals surface area contributed by atoms with Crippen LogP contribution in [-0.4, -0.2) is 56.3 Å². The molecule has 0 saturated carbocycles. The average molecular weight is 418 g/mol. The van der Waals surface area contributed by atoms with Crippen LogP contribution >= 0.6 is 0 Å². The minimum absolute atomic E-state index is 0.0676. The Morgan fingerprint density at radius 2 is 1.66 bits per heavy atom. The lowest BCUT2D eigenvalue weighted by molar-refractivity contribution is -0.132. The molecule has 3 rings (SSSR count). The number of hydrogen-bond acceptors (Lipinski definition) is 4. The summed E-state index contributed by atoms with van der Waals surface area (Å²) >= 11 is 0. The Morgan fingerprint density at radius 1 is 1.00 bits per heavy atom. The van der Waals surface area contributed by atoms with Crippen LogP contribution in [0, 0.1) is 5.82 Å². The second-order valence-corrected chi connectivity index (χ2v) is 8.39. The first kappa shape index (κ1) is 21.0. The number of benzene rings is 2. The van der Waals surface area contributed by atoms with E-state index in [9.17, 15) is 17.6 Å². The fraction of sp³-hybridized carbons (Fsp3) is 0.286. The van der Waals surface area contributed by atoms with E-state index in [1.54, 1.807) is 23.1 Å². The molecule has 1 saturated heterocycles. The van der Waals surface area contributed by atoms with Crippen molar-refractivity contribution >= 4 is 22.0 Å². The number of carbonyl (C=O) groups is 1. The molecule has 2 aromatic carbocycles. The molecule has 29 heavy (non-hydrogen) atoms. The number of hydrogen-bond donors (Lipinski definition) is 0. The van der Waals surface area contributed by atoms with Gasteiger partial charge in [0.05, 0.1) is 13.0 Å². The maximum Gasteiger partial charge on any atom is 0.236 e. The Kier molecular flexibility index (Phi) is 7.00. The lowest BCUT2D eigenvalue weighted by Crippen LogP contribution is -2.50. The van der Waals surface area contributed by atoms with Gasteiger partial charge in [-0.05, 0) is 23.8 Å². The zero-order valence-electron chi connectivity index (χ0n) is 15.9. The highest BCUT2D eigenvalue weighted by Gasteiger charge is 2.27. The molecule has 0 atom stereocenters. The number of sulfonamides is 1. The zero-order chi connectivity index (χ0) is 20.7. The summed E-state index contributed by atoms with van der Waals surface area (Å²) in [6, 6.07) is 15.2. The quantitative estimate of drug-likeness (QED) is 0.694. The number of ether oxygens (including phenoxy) is 1. The van der Waals surface area contributed by atoms with Gasteiger partial charge in [0, 0.05) is 31.6 Å². The highest BCUT2D eigenvalue weighted by Crippen LogP contribution is 2.16. The normalized spacial score (nSPS) is 15.6. The van der Waals surface area contributed by atoms with Gasteiger partial charge in [0.25, 0.3) is 0 Å². The van der Waals surface area contributed by atoms with E-state index in [2.05, 4.69) is 0 Å². The maximum atomic E-state index is 13.5. The first-order valence-electron chi connectivity index (χ1n) is 9.34. The summed E-state index contributed by atoms with van der Waals surface area (Å²) in [5.41, 5.74) is 0.805. The molecule has 1 amide bonds. The molecule has 2 aromatic rings. The van der Waals surface area contributed by atoms with Crippen molar-refractivity contribution in [1.82, 2.24) is 9.21 Å². The first-order chi connectivity index (χ1) is 14.0. The fourth-order valence-corrected chi connectivity index (χ4v) is 4.15. The standard InChI is InChI=1S/C21H23FN2O4S/c22-19-8-4-5-9-20(19)28-16-10-21(25)23-12-14-24(15-13-23)29(26,27)17-11-18-6-2-1-3-7-18/h1-9,11,17H,10,12-16H2/b17-11+. The third-order valence-corrected chi connectivity index (χ3v) is 6.16. The number of amides is 1. The molecule has 0 spiro atoms. The first-order valence-corrected chi connectivity index (χ1v) is 10.8. The van der Waals surface area contributed by atoms with Crippen LogP contribution in [0.2, 0.25) is 0 Å². The van der Waals surface area contributed by atoms with Crippen LogP contribution in [0.3, 0.4) is 0 Å². The van der Waals surface area contributed by atoms with Crippen LogP contribution in [0.15, 0.2) is 60.0 Å². The smallest absolute Gasteiger partial charge is 0.236 e. The molecule has 0 aliphatic carbocycles. The van der Waals surface area contributed by atoms with E-state index >= 15 is 0 Å². The molecular formula is C21H23FN2O4S. The van der Waals surface area contributed by atoms with Crippen LogP contribution < -0.4 is 4.74 Å². The molecule has 8 heteroatoms. The molecule has 0 radical (unpaired) electrons. The van der Waals surface area contributed by atoms with Crippen LogP contribution in [-0.2, 0) is 14.8 Å². The van der Waals surface area contributed by atoms with E-state index < -0.39 is 15.8 Å². The molecule has 0 bridgehead atoms. The molecule has 1 fully saturated rings. The number of piperazine rings is 1. The van der Waals surface area contributed by atoms with Gasteiger partial charge in [0.2, 0.25) is 15.9 Å². The van der Waals surface area contributed by atoms with Crippen molar-refractivity contribution < 1.29 is 22.3 Å². The summed E-state index contributed by atoms with van der Waals surface area (Å²) in [7, 11) is -3.54. The highest BCUT2D eigenvalue weighted by atomic mass is 32.2. The van der Waals surface area contributed by atoms with E-state index in [-0.39, 0.29) is 37.8 Å². The van der Waals surface area contributed by atoms with Crippen molar-refractivity contribution in [2.75, 3.05) is 32.8 Å². The molecule has 1 aliphatic rings. The van der Waals surface area contributed by atoms with Gasteiger partial charge in [-0.2, -0.15) is 4.31 Å². The molecule has 0 N–H and O–H groups in total. The SMILES string of the molecule is O=C(CCOc1ccccc1F)N1CCN(S(=O)(=O)/C=C/c2ccccc2)CC1. The van der Waals surface area contributed by atoms with Crippen LogP contribution in [0.4, 0.5) is 4.39 Å². The van der Waals surface area contributed by atoms with Crippen molar-refractivity contribution in [3.8, 4) is 5.75 Å². The highest BCUT2D eigenvalue weighted by molar-refractivity contribution is 7.92. The summed E-state index contributed by atoms with van der Waals surface area (Å²) in [5.74, 6) is -0.498. The maximum absolute atomic E-state index is 13.5. The fourth-order valence-electron chi connectivity index (χ4n) is 2.97. The molecule has 1 heterocycles. The Morgan fingerprint density at radius 3 is 2.34 bits per heavy atom. The second-order valence-electron chi connectivity index (χ2n) is 6.57. The minimum Gasteiger partial charge on any atom is -0.490 e. The van der Waals surface area contributed by atoms with Crippen molar-refractivity contribution in [3.05, 3.63) is 71.4 Å². The number of carbonyl (C=O) groups excluding carboxylic acids is 1. The average Bonchev–Trinajstić information content (AvgIpc) is 2.74. The topological polar surface area (TPSA) is 66.9 Å². The molecular weight excluding hydrogens is 395 g/mol. The molecule has 154 valence electrons. The third kappa shape index (κ3) is 5.88. The third-order valence-electron chi connectivity index (χ3n) is 4.59. The van der Waals surface area contributed by atoms with E-state index in [0.717, 1.165) is 5.56 Å². The van der Waals surface area contributed by atoms with Crippen molar-refractivity contribution in [3.63, 3.8) is 0 Å². The van der Waals surface area contributed by atoms with Gasteiger partial charge in [-0.15, -0.1) is 0 Å². The van der Waals surface area contributed by atoms with E-state index in [1.165, 1.54) is 21.8 Å². The molecule has 6 nitrogen and oxygen atoms in total. The van der Waals surface area contributed by atoms with Crippen molar-refractivity contribution in [1.29, 1.82) is 0 Å². The van der Waals surface area contributed by atoms with Gasteiger partial charge in [-0.1, -0.05) is 42.5 Å². The van der Waals surface area contributed by atoms with Gasteiger partial charge in [0.1, 0.15) is 0 Å². The largest absolute Gasteiger partial charge is 0.490 e. The Labute approximate surface area is 170 Å². The Hall–Kier alpha value is -2.71. The van der Waals surface area contributed by atoms with Gasteiger partial charge in [-0.3, -0.25) is 4.79 Å². The number of rotatable bonds is 7. The summed E-state index contributed by atoms with van der Waals surface area (Å²) in [4.78, 5) is 13.9. The van der Waals surface area contributed by atoms with Crippen LogP contribution in [0.5, 0.6) is 5.75 Å². The van der Waals surface area contributed by atoms with E-state index in [4.69, 9.17) is 4.74 Å². The Balaban J connectivity index is 1.46. The van der Waals surface area contributed by atoms with Crippen LogP contribution in [0.1, 0.15) is 12.0 Å². The summed E-state index contributed by atoms with van der Waals surface area (Å²) < 4.78 is 45.1. The number of halogens is 1. The zero-order valence-corrected chi connectivity index (χ0v) is 16.7. The van der Waals surface area contributed by atoms with Gasteiger partial charge < -0.3 is 9.64 Å². The number of nitrogens with zero attached hydrogens (tertiary/aromatic N) is 2. The van der Waals surface area contributed by atoms with Crippen molar-refractivity contribution in [2.24, 2.45) is 0 Å². The van der Waals surface area contributed by atoms with Gasteiger partial charge >= 0.3 is 0 Å². The number of para-hydroxylation sites is 1. The predicted molar refractivity (Wildman–Crippen MR) is 109 cm³/mol. The molecule has 0 unspecified atom stereocenters. The summed E-state index contributed by atoms with van der Waals surface area (Å²) in [6.07, 6.45) is 1.67. The van der Waals surface area contributed by atoms with Crippen LogP contribution in [0.25, 0.3) is 6.08 Å². The molecule has 1 aliphatic heterocycles. The lowest BCUT2D eigenvalue weighted by atomic mass is 10.2. The summed E-state index contributed by atoms with van der Waals surface area (Å²) in [5, 5.41) is 1.20. The van der Waals surface area contributed by atoms with E-state index in [0.29, 0.717) is 13.1 Å². The predicted octanol–water partition coefficient (Wildman–Crippen LogP) is 2.74.